The standard InChI is InChI=1S/C10H13F3O3SSi.Cs.H/c1-18(2,3)9-7-5-4-6-8(9)16-17(14,15)10(11,12)13;;/h4-7H,1-3H3;;/q;+1;-1. The molecule has 0 radical (unpaired) electrons. The fraction of sp³-hybridized carbons (Fsp3) is 0.400. The molecule has 0 aliphatic heterocycles. The Morgan fingerprint density at radius 1 is 1.16 bits per heavy atom. The van der Waals surface area contributed by atoms with E-state index in [-0.39, 0.29) is 76.1 Å². The molecule has 1 aromatic carbocycles. The number of hydrogen-bond donors (Lipinski definition) is 0. The molecule has 0 amide bonds. The van der Waals surface area contributed by atoms with Crippen LogP contribution in [0.2, 0.25) is 19.6 Å². The molecule has 1 rings (SSSR count). The largest absolute Gasteiger partial charge is 1.00 e. The number of halogens is 3. The molecule has 19 heavy (non-hydrogen) atoms. The third-order valence-corrected chi connectivity index (χ3v) is 5.17. The molecular formula is C10H14CsF3O3SSi. The summed E-state index contributed by atoms with van der Waals surface area (Å²) in [5.41, 5.74) is -5.42. The Morgan fingerprint density at radius 2 is 1.63 bits per heavy atom. The fourth-order valence-corrected chi connectivity index (χ4v) is 3.34. The van der Waals surface area contributed by atoms with Crippen molar-refractivity contribution in [1.29, 1.82) is 0 Å². The molecular weight excluding hydrogens is 418 g/mol. The van der Waals surface area contributed by atoms with E-state index in [0.717, 1.165) is 0 Å². The van der Waals surface area contributed by atoms with Gasteiger partial charge in [-0.2, -0.15) is 21.6 Å². The van der Waals surface area contributed by atoms with Crippen molar-refractivity contribution in [2.45, 2.75) is 25.1 Å². The minimum Gasteiger partial charge on any atom is -1.00 e. The Hall–Kier alpha value is 1.03. The molecule has 0 bridgehead atoms. The Bertz CT molecular complexity index is 543. The molecule has 0 saturated heterocycles. The van der Waals surface area contributed by atoms with Gasteiger partial charge in [-0.25, -0.2) is 0 Å². The average Bonchev–Trinajstić information content (AvgIpc) is 2.14. The summed E-state index contributed by atoms with van der Waals surface area (Å²) >= 11 is 0. The zero-order valence-electron chi connectivity index (χ0n) is 12.1. The molecule has 0 saturated carbocycles. The van der Waals surface area contributed by atoms with E-state index in [2.05, 4.69) is 4.18 Å². The third kappa shape index (κ3) is 5.38. The number of hydrogen-bond acceptors (Lipinski definition) is 3. The second kappa shape index (κ2) is 6.86. The van der Waals surface area contributed by atoms with Gasteiger partial charge in [0.25, 0.3) is 0 Å². The molecule has 0 aliphatic carbocycles. The Kier molecular flexibility index (Phi) is 7.23. The molecule has 9 heteroatoms. The monoisotopic (exact) mass is 432 g/mol. The van der Waals surface area contributed by atoms with Crippen molar-refractivity contribution in [2.24, 2.45) is 0 Å². The van der Waals surface area contributed by atoms with E-state index in [1.165, 1.54) is 12.1 Å². The van der Waals surface area contributed by atoms with E-state index >= 15 is 0 Å². The van der Waals surface area contributed by atoms with E-state index in [4.69, 9.17) is 0 Å². The smallest absolute Gasteiger partial charge is 1.00 e. The van der Waals surface area contributed by atoms with Crippen molar-refractivity contribution in [3.63, 3.8) is 0 Å². The molecule has 0 aromatic heterocycles. The van der Waals surface area contributed by atoms with Crippen LogP contribution in [0.25, 0.3) is 0 Å². The molecule has 0 aliphatic rings. The first-order valence-corrected chi connectivity index (χ1v) is 9.96. The number of para-hydroxylation sites is 1. The van der Waals surface area contributed by atoms with E-state index in [0.29, 0.717) is 5.19 Å². The van der Waals surface area contributed by atoms with Crippen molar-refractivity contribution in [1.82, 2.24) is 0 Å². The van der Waals surface area contributed by atoms with Gasteiger partial charge in [0.05, 0.1) is 8.07 Å². The Labute approximate surface area is 172 Å². The second-order valence-electron chi connectivity index (χ2n) is 4.73. The SMILES string of the molecule is C[Si](C)(C)c1ccccc1OS(=O)(=O)C(F)(F)F.[Cs+].[H-]. The summed E-state index contributed by atoms with van der Waals surface area (Å²) in [4.78, 5) is 0. The summed E-state index contributed by atoms with van der Waals surface area (Å²) in [6.07, 6.45) is 0. The summed E-state index contributed by atoms with van der Waals surface area (Å²) in [6, 6.07) is 5.90. The van der Waals surface area contributed by atoms with Gasteiger partial charge in [-0.1, -0.05) is 37.8 Å². The van der Waals surface area contributed by atoms with Gasteiger partial charge in [0.15, 0.2) is 0 Å². The van der Waals surface area contributed by atoms with Crippen molar-refractivity contribution in [2.75, 3.05) is 0 Å². The Balaban J connectivity index is 0. The molecule has 0 spiro atoms. The van der Waals surface area contributed by atoms with Gasteiger partial charge in [0.1, 0.15) is 5.75 Å². The predicted molar refractivity (Wildman–Crippen MR) is 66.1 cm³/mol. The van der Waals surface area contributed by atoms with E-state index < -0.39 is 23.7 Å². The predicted octanol–water partition coefficient (Wildman–Crippen LogP) is -0.423. The van der Waals surface area contributed by atoms with Crippen LogP contribution < -0.4 is 78.3 Å². The van der Waals surface area contributed by atoms with Gasteiger partial charge in [-0.05, 0) is 11.3 Å². The average molecular weight is 432 g/mol. The maximum Gasteiger partial charge on any atom is 1.00 e. The molecule has 0 heterocycles. The van der Waals surface area contributed by atoms with Gasteiger partial charge < -0.3 is 5.61 Å². The zero-order valence-corrected chi connectivity index (χ0v) is 19.2. The summed E-state index contributed by atoms with van der Waals surface area (Å²) in [5, 5.41) is 0.526. The summed E-state index contributed by atoms with van der Waals surface area (Å²) in [5.74, 6) is -0.242. The van der Waals surface area contributed by atoms with Gasteiger partial charge in [-0.15, -0.1) is 0 Å². The normalized spacial score (nSPS) is 12.7. The van der Waals surface area contributed by atoms with Gasteiger partial charge >= 0.3 is 84.5 Å². The molecule has 0 unspecified atom stereocenters. The topological polar surface area (TPSA) is 43.4 Å². The second-order valence-corrected chi connectivity index (χ2v) is 11.3. The quantitative estimate of drug-likeness (QED) is 0.370. The van der Waals surface area contributed by atoms with E-state index in [1.807, 2.05) is 19.6 Å². The van der Waals surface area contributed by atoms with Crippen molar-refractivity contribution >= 4 is 23.4 Å². The van der Waals surface area contributed by atoms with Crippen LogP contribution in [0.1, 0.15) is 1.43 Å². The number of alkyl halides is 3. The van der Waals surface area contributed by atoms with Crippen LogP contribution in [-0.2, 0) is 10.1 Å². The molecule has 0 N–H and O–H groups in total. The molecule has 0 fully saturated rings. The van der Waals surface area contributed by atoms with Crippen LogP contribution >= 0.6 is 0 Å². The molecule has 0 atom stereocenters. The van der Waals surface area contributed by atoms with Crippen LogP contribution in [0, 0.1) is 0 Å². The third-order valence-electron chi connectivity index (χ3n) is 2.18. The zero-order chi connectivity index (χ0) is 14.2. The maximum absolute atomic E-state index is 12.2. The number of rotatable bonds is 3. The molecule has 1 aromatic rings. The van der Waals surface area contributed by atoms with Gasteiger partial charge in [0.2, 0.25) is 0 Å². The first-order valence-electron chi connectivity index (χ1n) is 5.05. The minimum absolute atomic E-state index is 0. The van der Waals surface area contributed by atoms with E-state index in [1.54, 1.807) is 12.1 Å². The van der Waals surface area contributed by atoms with Gasteiger partial charge in [-0.3, -0.25) is 0 Å². The fourth-order valence-electron chi connectivity index (χ4n) is 1.32. The summed E-state index contributed by atoms with van der Waals surface area (Å²) in [7, 11) is -7.60. The summed E-state index contributed by atoms with van der Waals surface area (Å²) in [6.45, 7) is 5.65. The number of benzene rings is 1. The van der Waals surface area contributed by atoms with Gasteiger partial charge in [0, 0.05) is 0 Å². The molecule has 104 valence electrons. The first kappa shape index (κ1) is 20.0. The van der Waals surface area contributed by atoms with Crippen LogP contribution in [-0.4, -0.2) is 22.0 Å². The van der Waals surface area contributed by atoms with Crippen molar-refractivity contribution < 1.29 is 96.1 Å². The van der Waals surface area contributed by atoms with Crippen LogP contribution in [0.5, 0.6) is 5.75 Å². The minimum atomic E-state index is -5.61. The van der Waals surface area contributed by atoms with E-state index in [9.17, 15) is 21.6 Å². The first-order chi connectivity index (χ1) is 7.95. The van der Waals surface area contributed by atoms with Crippen LogP contribution in [0.3, 0.4) is 0 Å². The van der Waals surface area contributed by atoms with Crippen LogP contribution in [0.4, 0.5) is 13.2 Å². The maximum atomic E-state index is 12.2. The van der Waals surface area contributed by atoms with Crippen molar-refractivity contribution in [3.8, 4) is 5.75 Å². The van der Waals surface area contributed by atoms with Crippen molar-refractivity contribution in [3.05, 3.63) is 24.3 Å². The molecule has 3 nitrogen and oxygen atoms in total. The summed E-state index contributed by atoms with van der Waals surface area (Å²) < 4.78 is 62.9. The van der Waals surface area contributed by atoms with Crippen LogP contribution in [0.15, 0.2) is 24.3 Å². The Morgan fingerprint density at radius 3 is 2.05 bits per heavy atom.